The van der Waals surface area contributed by atoms with Gasteiger partial charge in [0.15, 0.2) is 0 Å². The molecule has 2 N–H and O–H groups in total. The summed E-state index contributed by atoms with van der Waals surface area (Å²) in [7, 11) is 0. The standard InChI is InChI=1S/C13H25N3O2/c1-9(2)5-6-10(3)15-13(18)16-8-7-14-12(17)11(16)4/h9-11H,5-8H2,1-4H3,(H,14,17)(H,15,18)/t10-,11+/m0/s1. The molecule has 0 aromatic carbocycles. The molecule has 1 aliphatic rings. The zero-order valence-corrected chi connectivity index (χ0v) is 11.8. The monoisotopic (exact) mass is 255 g/mol. The number of hydrogen-bond acceptors (Lipinski definition) is 2. The molecule has 0 aliphatic carbocycles. The molecule has 5 heteroatoms. The largest absolute Gasteiger partial charge is 0.353 e. The molecule has 5 nitrogen and oxygen atoms in total. The number of nitrogens with one attached hydrogen (secondary N) is 2. The van der Waals surface area contributed by atoms with Crippen LogP contribution in [-0.4, -0.2) is 42.0 Å². The van der Waals surface area contributed by atoms with Crippen molar-refractivity contribution in [2.24, 2.45) is 5.92 Å². The smallest absolute Gasteiger partial charge is 0.318 e. The first-order valence-corrected chi connectivity index (χ1v) is 6.76. The van der Waals surface area contributed by atoms with Gasteiger partial charge in [0.25, 0.3) is 0 Å². The lowest BCUT2D eigenvalue weighted by Crippen LogP contribution is -2.59. The van der Waals surface area contributed by atoms with Crippen molar-refractivity contribution >= 4 is 11.9 Å². The molecule has 18 heavy (non-hydrogen) atoms. The van der Waals surface area contributed by atoms with Crippen LogP contribution in [0.15, 0.2) is 0 Å². The minimum atomic E-state index is -0.379. The maximum Gasteiger partial charge on any atom is 0.318 e. The number of hydrogen-bond donors (Lipinski definition) is 2. The highest BCUT2D eigenvalue weighted by molar-refractivity contribution is 5.87. The topological polar surface area (TPSA) is 61.4 Å². The van der Waals surface area contributed by atoms with Crippen LogP contribution in [0.5, 0.6) is 0 Å². The van der Waals surface area contributed by atoms with Crippen LogP contribution in [0.3, 0.4) is 0 Å². The number of carbonyl (C=O) groups is 2. The SMILES string of the molecule is CC(C)CC[C@H](C)NC(=O)N1CCNC(=O)[C@H]1C. The van der Waals surface area contributed by atoms with E-state index < -0.39 is 0 Å². The van der Waals surface area contributed by atoms with Crippen LogP contribution in [-0.2, 0) is 4.79 Å². The Kier molecular flexibility index (Phi) is 5.44. The van der Waals surface area contributed by atoms with Gasteiger partial charge in [0.2, 0.25) is 5.91 Å². The van der Waals surface area contributed by atoms with Crippen molar-refractivity contribution in [3.63, 3.8) is 0 Å². The highest BCUT2D eigenvalue weighted by Crippen LogP contribution is 2.08. The highest BCUT2D eigenvalue weighted by atomic mass is 16.2. The van der Waals surface area contributed by atoms with Gasteiger partial charge in [-0.05, 0) is 32.6 Å². The van der Waals surface area contributed by atoms with Crippen LogP contribution < -0.4 is 10.6 Å². The normalized spacial score (nSPS) is 21.7. The maximum absolute atomic E-state index is 12.0. The summed E-state index contributed by atoms with van der Waals surface area (Å²) in [5.74, 6) is 0.565. The first-order valence-electron chi connectivity index (χ1n) is 6.76. The van der Waals surface area contributed by atoms with Crippen molar-refractivity contribution in [1.29, 1.82) is 0 Å². The van der Waals surface area contributed by atoms with E-state index in [4.69, 9.17) is 0 Å². The second-order valence-corrected chi connectivity index (χ2v) is 5.48. The molecule has 1 aliphatic heterocycles. The van der Waals surface area contributed by atoms with E-state index in [0.29, 0.717) is 19.0 Å². The third-order valence-corrected chi connectivity index (χ3v) is 3.31. The fraction of sp³-hybridized carbons (Fsp3) is 0.846. The van der Waals surface area contributed by atoms with Crippen LogP contribution in [0.1, 0.15) is 40.5 Å². The molecule has 0 unspecified atom stereocenters. The van der Waals surface area contributed by atoms with Gasteiger partial charge in [-0.2, -0.15) is 0 Å². The molecule has 2 atom stereocenters. The maximum atomic E-state index is 12.0. The fourth-order valence-corrected chi connectivity index (χ4v) is 2.01. The van der Waals surface area contributed by atoms with E-state index in [1.54, 1.807) is 11.8 Å². The Labute approximate surface area is 109 Å². The number of amides is 3. The summed E-state index contributed by atoms with van der Waals surface area (Å²) >= 11 is 0. The fourth-order valence-electron chi connectivity index (χ4n) is 2.01. The minimum Gasteiger partial charge on any atom is -0.353 e. The number of rotatable bonds is 4. The molecule has 0 saturated carbocycles. The number of carbonyl (C=O) groups excluding carboxylic acids is 2. The van der Waals surface area contributed by atoms with Crippen LogP contribution in [0.4, 0.5) is 4.79 Å². The lowest BCUT2D eigenvalue weighted by Gasteiger charge is -2.33. The summed E-state index contributed by atoms with van der Waals surface area (Å²) in [6.07, 6.45) is 2.06. The molecule has 1 saturated heterocycles. The van der Waals surface area contributed by atoms with Gasteiger partial charge in [-0.25, -0.2) is 4.79 Å². The Balaban J connectivity index is 2.41. The van der Waals surface area contributed by atoms with E-state index in [1.807, 2.05) is 6.92 Å². The number of nitrogens with zero attached hydrogens (tertiary/aromatic N) is 1. The summed E-state index contributed by atoms with van der Waals surface area (Å²) in [5, 5.41) is 5.71. The molecule has 0 bridgehead atoms. The van der Waals surface area contributed by atoms with E-state index >= 15 is 0 Å². The van der Waals surface area contributed by atoms with Crippen LogP contribution in [0.25, 0.3) is 0 Å². The highest BCUT2D eigenvalue weighted by Gasteiger charge is 2.29. The van der Waals surface area contributed by atoms with Crippen LogP contribution >= 0.6 is 0 Å². The summed E-state index contributed by atoms with van der Waals surface area (Å²) in [6.45, 7) is 9.23. The molecule has 0 spiro atoms. The molecular formula is C13H25N3O2. The molecule has 3 amide bonds. The Morgan fingerprint density at radius 1 is 1.44 bits per heavy atom. The number of urea groups is 1. The van der Waals surface area contributed by atoms with Gasteiger partial charge in [0.05, 0.1) is 0 Å². The Hall–Kier alpha value is -1.26. The van der Waals surface area contributed by atoms with Gasteiger partial charge >= 0.3 is 6.03 Å². The predicted molar refractivity (Wildman–Crippen MR) is 71.2 cm³/mol. The van der Waals surface area contributed by atoms with Crippen LogP contribution in [0.2, 0.25) is 0 Å². The third kappa shape index (κ3) is 4.20. The molecule has 1 fully saturated rings. The van der Waals surface area contributed by atoms with Gasteiger partial charge in [-0.1, -0.05) is 13.8 Å². The van der Waals surface area contributed by atoms with Gasteiger partial charge in [0.1, 0.15) is 6.04 Å². The first-order chi connectivity index (χ1) is 8.41. The van der Waals surface area contributed by atoms with Crippen LogP contribution in [0, 0.1) is 5.92 Å². The molecule has 1 heterocycles. The van der Waals surface area contributed by atoms with E-state index in [2.05, 4.69) is 24.5 Å². The molecular weight excluding hydrogens is 230 g/mol. The third-order valence-electron chi connectivity index (χ3n) is 3.31. The average molecular weight is 255 g/mol. The van der Waals surface area contributed by atoms with Crippen molar-refractivity contribution in [1.82, 2.24) is 15.5 Å². The van der Waals surface area contributed by atoms with E-state index in [0.717, 1.165) is 12.8 Å². The van der Waals surface area contributed by atoms with Gasteiger partial charge in [-0.15, -0.1) is 0 Å². The second kappa shape index (κ2) is 6.61. The second-order valence-electron chi connectivity index (χ2n) is 5.48. The van der Waals surface area contributed by atoms with Gasteiger partial charge in [-0.3, -0.25) is 4.79 Å². The molecule has 1 rings (SSSR count). The average Bonchev–Trinajstić information content (AvgIpc) is 2.30. The van der Waals surface area contributed by atoms with E-state index in [9.17, 15) is 9.59 Å². The zero-order chi connectivity index (χ0) is 13.7. The van der Waals surface area contributed by atoms with Crippen molar-refractivity contribution in [2.45, 2.75) is 52.6 Å². The molecule has 0 aromatic heterocycles. The molecule has 104 valence electrons. The number of piperazine rings is 1. The lowest BCUT2D eigenvalue weighted by atomic mass is 10.0. The predicted octanol–water partition coefficient (Wildman–Crippen LogP) is 1.34. The van der Waals surface area contributed by atoms with Crippen molar-refractivity contribution in [3.05, 3.63) is 0 Å². The lowest BCUT2D eigenvalue weighted by molar-refractivity contribution is -0.126. The summed E-state index contributed by atoms with van der Waals surface area (Å²) in [6, 6.07) is -0.359. The van der Waals surface area contributed by atoms with E-state index in [1.165, 1.54) is 0 Å². The molecule has 0 radical (unpaired) electrons. The zero-order valence-electron chi connectivity index (χ0n) is 11.8. The summed E-state index contributed by atoms with van der Waals surface area (Å²) < 4.78 is 0. The Bertz CT molecular complexity index is 305. The van der Waals surface area contributed by atoms with E-state index in [-0.39, 0.29) is 24.0 Å². The van der Waals surface area contributed by atoms with Crippen molar-refractivity contribution in [3.8, 4) is 0 Å². The first kappa shape index (κ1) is 14.8. The summed E-state index contributed by atoms with van der Waals surface area (Å²) in [5.41, 5.74) is 0. The summed E-state index contributed by atoms with van der Waals surface area (Å²) in [4.78, 5) is 25.1. The Morgan fingerprint density at radius 2 is 2.11 bits per heavy atom. The Morgan fingerprint density at radius 3 is 2.72 bits per heavy atom. The van der Waals surface area contributed by atoms with Crippen molar-refractivity contribution in [2.75, 3.05) is 13.1 Å². The van der Waals surface area contributed by atoms with Gasteiger partial charge in [0, 0.05) is 19.1 Å². The quantitative estimate of drug-likeness (QED) is 0.796. The van der Waals surface area contributed by atoms with Crippen molar-refractivity contribution < 1.29 is 9.59 Å². The minimum absolute atomic E-state index is 0.0776. The van der Waals surface area contributed by atoms with Gasteiger partial charge < -0.3 is 15.5 Å². The molecule has 0 aromatic rings.